The van der Waals surface area contributed by atoms with Crippen molar-refractivity contribution in [2.75, 3.05) is 6.54 Å². The Morgan fingerprint density at radius 2 is 1.89 bits per heavy atom. The topological polar surface area (TPSA) is 124 Å². The van der Waals surface area contributed by atoms with E-state index in [9.17, 15) is 9.59 Å². The van der Waals surface area contributed by atoms with E-state index in [-0.39, 0.29) is 11.8 Å². The van der Waals surface area contributed by atoms with Gasteiger partial charge in [0.2, 0.25) is 11.8 Å². The monoisotopic (exact) mass is 258 g/mol. The third kappa shape index (κ3) is 5.97. The van der Waals surface area contributed by atoms with Crippen molar-refractivity contribution in [1.82, 2.24) is 5.32 Å². The van der Waals surface area contributed by atoms with Gasteiger partial charge in [-0.1, -0.05) is 20.3 Å². The average Bonchev–Trinajstić information content (AvgIpc) is 2.35. The average molecular weight is 258 g/mol. The number of carbonyl (C=O) groups excluding carboxylic acids is 2. The molecule has 0 aliphatic carbocycles. The van der Waals surface area contributed by atoms with Crippen molar-refractivity contribution >= 4 is 11.8 Å². The zero-order valence-electron chi connectivity index (χ0n) is 11.3. The van der Waals surface area contributed by atoms with Crippen LogP contribution in [0.25, 0.3) is 0 Å². The van der Waals surface area contributed by atoms with Gasteiger partial charge in [-0.15, -0.1) is 0 Å². The van der Waals surface area contributed by atoms with E-state index in [4.69, 9.17) is 17.2 Å². The molecule has 0 aliphatic heterocycles. The van der Waals surface area contributed by atoms with Crippen LogP contribution >= 0.6 is 0 Å². The fourth-order valence-electron chi connectivity index (χ4n) is 1.56. The lowest BCUT2D eigenvalue weighted by Gasteiger charge is -2.21. The third-order valence-corrected chi connectivity index (χ3v) is 3.17. The van der Waals surface area contributed by atoms with Crippen molar-refractivity contribution < 1.29 is 9.59 Å². The van der Waals surface area contributed by atoms with Crippen molar-refractivity contribution in [2.24, 2.45) is 23.1 Å². The summed E-state index contributed by atoms with van der Waals surface area (Å²) in [5.41, 5.74) is 16.4. The normalized spacial score (nSPS) is 15.8. The van der Waals surface area contributed by atoms with Gasteiger partial charge in [-0.25, -0.2) is 0 Å². The summed E-state index contributed by atoms with van der Waals surface area (Å²) < 4.78 is 0. The molecule has 18 heavy (non-hydrogen) atoms. The molecule has 3 atom stereocenters. The lowest BCUT2D eigenvalue weighted by molar-refractivity contribution is -0.129. The van der Waals surface area contributed by atoms with Crippen LogP contribution in [0, 0.1) is 5.92 Å². The smallest absolute Gasteiger partial charge is 0.240 e. The van der Waals surface area contributed by atoms with E-state index in [1.165, 1.54) is 0 Å². The Balaban J connectivity index is 4.31. The highest BCUT2D eigenvalue weighted by Crippen LogP contribution is 2.07. The summed E-state index contributed by atoms with van der Waals surface area (Å²) in [6.07, 6.45) is 2.87. The molecule has 0 aromatic rings. The predicted molar refractivity (Wildman–Crippen MR) is 71.5 cm³/mol. The molecule has 0 fully saturated rings. The van der Waals surface area contributed by atoms with E-state index in [0.29, 0.717) is 13.0 Å². The first-order valence-corrected chi connectivity index (χ1v) is 6.49. The molecule has 2 amide bonds. The van der Waals surface area contributed by atoms with Crippen molar-refractivity contribution in [3.63, 3.8) is 0 Å². The molecule has 0 radical (unpaired) electrons. The summed E-state index contributed by atoms with van der Waals surface area (Å²) in [7, 11) is 0. The quantitative estimate of drug-likeness (QED) is 0.414. The van der Waals surface area contributed by atoms with Crippen molar-refractivity contribution in [3.05, 3.63) is 0 Å². The maximum Gasteiger partial charge on any atom is 0.240 e. The zero-order valence-corrected chi connectivity index (χ0v) is 11.3. The van der Waals surface area contributed by atoms with Crippen molar-refractivity contribution in [2.45, 2.75) is 51.6 Å². The van der Waals surface area contributed by atoms with Gasteiger partial charge in [-0.05, 0) is 31.7 Å². The summed E-state index contributed by atoms with van der Waals surface area (Å²) in [6, 6.07) is -1.26. The number of hydrogen-bond acceptors (Lipinski definition) is 4. The number of unbranched alkanes of at least 4 members (excludes halogenated alkanes) is 1. The molecule has 0 saturated carbocycles. The van der Waals surface area contributed by atoms with Crippen molar-refractivity contribution in [3.8, 4) is 0 Å². The summed E-state index contributed by atoms with van der Waals surface area (Å²) in [5, 5.41) is 2.61. The number of nitrogens with two attached hydrogens (primary N) is 3. The van der Waals surface area contributed by atoms with Crippen LogP contribution in [0.15, 0.2) is 0 Å². The molecule has 0 bridgehead atoms. The van der Waals surface area contributed by atoms with E-state index in [1.807, 2.05) is 13.8 Å². The largest absolute Gasteiger partial charge is 0.368 e. The Labute approximate surface area is 109 Å². The molecular weight excluding hydrogens is 232 g/mol. The van der Waals surface area contributed by atoms with Gasteiger partial charge in [0.25, 0.3) is 0 Å². The number of hydrogen-bond donors (Lipinski definition) is 4. The van der Waals surface area contributed by atoms with Crippen LogP contribution in [0.4, 0.5) is 0 Å². The van der Waals surface area contributed by atoms with E-state index >= 15 is 0 Å². The molecule has 0 saturated heterocycles. The highest BCUT2D eigenvalue weighted by molar-refractivity contribution is 5.88. The maximum atomic E-state index is 11.8. The molecule has 0 heterocycles. The SMILES string of the molecule is CC[C@H](C)[C@H](N)C(=O)N[C@@H](CCCCN)C(N)=O. The van der Waals surface area contributed by atoms with Crippen LogP contribution in [-0.2, 0) is 9.59 Å². The third-order valence-electron chi connectivity index (χ3n) is 3.17. The van der Waals surface area contributed by atoms with E-state index < -0.39 is 18.0 Å². The molecule has 0 spiro atoms. The van der Waals surface area contributed by atoms with Crippen LogP contribution in [0.1, 0.15) is 39.5 Å². The van der Waals surface area contributed by atoms with Crippen LogP contribution in [0.2, 0.25) is 0 Å². The second kappa shape index (κ2) is 8.88. The zero-order chi connectivity index (χ0) is 14.1. The Morgan fingerprint density at radius 3 is 2.33 bits per heavy atom. The molecule has 7 N–H and O–H groups in total. The van der Waals surface area contributed by atoms with E-state index in [1.54, 1.807) is 0 Å². The summed E-state index contributed by atoms with van der Waals surface area (Å²) in [5.74, 6) is -0.778. The van der Waals surface area contributed by atoms with Crippen LogP contribution in [-0.4, -0.2) is 30.4 Å². The van der Waals surface area contributed by atoms with Crippen LogP contribution in [0.3, 0.4) is 0 Å². The van der Waals surface area contributed by atoms with E-state index in [2.05, 4.69) is 5.32 Å². The number of primary amides is 1. The van der Waals surface area contributed by atoms with Gasteiger partial charge in [-0.2, -0.15) is 0 Å². The number of nitrogens with one attached hydrogen (secondary N) is 1. The molecule has 0 unspecified atom stereocenters. The van der Waals surface area contributed by atoms with Gasteiger partial charge >= 0.3 is 0 Å². The fourth-order valence-corrected chi connectivity index (χ4v) is 1.56. The number of amides is 2. The Morgan fingerprint density at radius 1 is 1.28 bits per heavy atom. The molecule has 6 nitrogen and oxygen atoms in total. The lowest BCUT2D eigenvalue weighted by atomic mass is 9.98. The van der Waals surface area contributed by atoms with Gasteiger partial charge in [-0.3, -0.25) is 9.59 Å². The highest BCUT2D eigenvalue weighted by atomic mass is 16.2. The second-order valence-electron chi connectivity index (χ2n) is 4.66. The molecule has 0 aliphatic rings. The first kappa shape index (κ1) is 16.9. The fraction of sp³-hybridized carbons (Fsp3) is 0.833. The van der Waals surface area contributed by atoms with Gasteiger partial charge in [0.1, 0.15) is 6.04 Å². The minimum Gasteiger partial charge on any atom is -0.368 e. The standard InChI is InChI=1S/C12H26N4O2/c1-3-8(2)10(14)12(18)16-9(11(15)17)6-4-5-7-13/h8-10H,3-7,13-14H2,1-2H3,(H2,15,17)(H,16,18)/t8-,9-,10-/m0/s1. The van der Waals surface area contributed by atoms with Crippen LogP contribution < -0.4 is 22.5 Å². The molecular formula is C12H26N4O2. The Kier molecular flexibility index (Phi) is 8.32. The summed E-state index contributed by atoms with van der Waals surface area (Å²) in [4.78, 5) is 23.0. The van der Waals surface area contributed by atoms with Crippen molar-refractivity contribution in [1.29, 1.82) is 0 Å². The highest BCUT2D eigenvalue weighted by Gasteiger charge is 2.24. The summed E-state index contributed by atoms with van der Waals surface area (Å²) >= 11 is 0. The van der Waals surface area contributed by atoms with Gasteiger partial charge in [0.15, 0.2) is 0 Å². The first-order valence-electron chi connectivity index (χ1n) is 6.49. The van der Waals surface area contributed by atoms with Gasteiger partial charge in [0.05, 0.1) is 6.04 Å². The molecule has 0 aromatic carbocycles. The summed E-state index contributed by atoms with van der Waals surface area (Å²) in [6.45, 7) is 4.42. The minimum absolute atomic E-state index is 0.0718. The molecule has 0 aromatic heterocycles. The Bertz CT molecular complexity index is 271. The second-order valence-corrected chi connectivity index (χ2v) is 4.66. The number of rotatable bonds is 9. The van der Waals surface area contributed by atoms with Gasteiger partial charge < -0.3 is 22.5 Å². The van der Waals surface area contributed by atoms with Gasteiger partial charge in [0, 0.05) is 0 Å². The maximum absolute atomic E-state index is 11.8. The predicted octanol–water partition coefficient (Wildman–Crippen LogP) is -0.541. The number of carbonyl (C=O) groups is 2. The molecule has 106 valence electrons. The Hall–Kier alpha value is -1.14. The van der Waals surface area contributed by atoms with Crippen LogP contribution in [0.5, 0.6) is 0 Å². The molecule has 0 rings (SSSR count). The lowest BCUT2D eigenvalue weighted by Crippen LogP contribution is -2.52. The van der Waals surface area contributed by atoms with E-state index in [0.717, 1.165) is 19.3 Å². The first-order chi connectivity index (χ1) is 8.43. The minimum atomic E-state index is -0.654. The molecule has 6 heteroatoms.